The largest absolute Gasteiger partial charge is 0.347 e. The lowest BCUT2D eigenvalue weighted by Gasteiger charge is -2.27. The molecule has 10 nitrogen and oxygen atoms in total. The molecule has 0 spiro atoms. The number of aromatic nitrogens is 8. The highest BCUT2D eigenvalue weighted by Gasteiger charge is 2.37. The van der Waals surface area contributed by atoms with Gasteiger partial charge >= 0.3 is 0 Å². The second-order valence-corrected chi connectivity index (χ2v) is 8.36. The highest BCUT2D eigenvalue weighted by atomic mass is 16.7. The number of methoxy groups -OCH3 is 2. The van der Waals surface area contributed by atoms with E-state index in [2.05, 4.69) is 40.5 Å². The van der Waals surface area contributed by atoms with Gasteiger partial charge < -0.3 is 9.47 Å². The maximum Gasteiger partial charge on any atom is 0.231 e. The van der Waals surface area contributed by atoms with Gasteiger partial charge in [0.05, 0.1) is 12.2 Å². The van der Waals surface area contributed by atoms with Gasteiger partial charge in [-0.25, -0.2) is 14.8 Å². The lowest BCUT2D eigenvalue weighted by atomic mass is 10.0. The Bertz CT molecular complexity index is 1200. The van der Waals surface area contributed by atoms with Crippen LogP contribution in [-0.4, -0.2) is 54.6 Å². The van der Waals surface area contributed by atoms with E-state index in [9.17, 15) is 0 Å². The highest BCUT2D eigenvalue weighted by molar-refractivity contribution is 5.79. The lowest BCUT2D eigenvalue weighted by Crippen LogP contribution is -2.32. The third-order valence-corrected chi connectivity index (χ3v) is 6.06. The van der Waals surface area contributed by atoms with Crippen molar-refractivity contribution in [3.63, 3.8) is 0 Å². The number of hydrogen-bond acceptors (Lipinski definition) is 8. The molecule has 0 radical (unpaired) electrons. The SMILES string of the molecule is CCCCC(OC)(OC)c1nc(CCC)n(Cc2ccc(-c3ccccc3-c3nnn[nH]3)cn2)n1. The van der Waals surface area contributed by atoms with Crippen molar-refractivity contribution < 1.29 is 9.47 Å². The number of tetrazole rings is 1. The molecule has 10 heteroatoms. The van der Waals surface area contributed by atoms with Crippen LogP contribution in [0.1, 0.15) is 56.9 Å². The Morgan fingerprint density at radius 3 is 2.43 bits per heavy atom. The molecule has 3 heterocycles. The van der Waals surface area contributed by atoms with Crippen molar-refractivity contribution in [3.05, 3.63) is 59.9 Å². The van der Waals surface area contributed by atoms with E-state index in [1.165, 1.54) is 0 Å². The van der Waals surface area contributed by atoms with Crippen LogP contribution in [0.15, 0.2) is 42.6 Å². The molecular formula is C25H32N8O2. The van der Waals surface area contributed by atoms with E-state index in [-0.39, 0.29) is 0 Å². The molecule has 0 saturated heterocycles. The van der Waals surface area contributed by atoms with Gasteiger partial charge in [0.25, 0.3) is 0 Å². The zero-order valence-electron chi connectivity index (χ0n) is 20.7. The number of nitrogens with one attached hydrogen (secondary N) is 1. The van der Waals surface area contributed by atoms with Gasteiger partial charge in [-0.05, 0) is 34.9 Å². The molecule has 35 heavy (non-hydrogen) atoms. The summed E-state index contributed by atoms with van der Waals surface area (Å²) >= 11 is 0. The van der Waals surface area contributed by atoms with Crippen LogP contribution in [0, 0.1) is 0 Å². The molecule has 4 aromatic rings. The van der Waals surface area contributed by atoms with Crippen molar-refractivity contribution in [3.8, 4) is 22.5 Å². The van der Waals surface area contributed by atoms with E-state index in [1.54, 1.807) is 14.2 Å². The molecule has 0 aliphatic rings. The number of aromatic amines is 1. The Morgan fingerprint density at radius 2 is 1.80 bits per heavy atom. The molecule has 0 aliphatic heterocycles. The smallest absolute Gasteiger partial charge is 0.231 e. The number of hydrogen-bond donors (Lipinski definition) is 1. The average molecular weight is 477 g/mol. The Kier molecular flexibility index (Phi) is 7.94. The van der Waals surface area contributed by atoms with Crippen LogP contribution in [-0.2, 0) is 28.2 Å². The summed E-state index contributed by atoms with van der Waals surface area (Å²) in [6, 6.07) is 12.0. The van der Waals surface area contributed by atoms with Gasteiger partial charge in [0.1, 0.15) is 5.82 Å². The molecule has 0 fully saturated rings. The first-order chi connectivity index (χ1) is 17.1. The topological polar surface area (TPSA) is 117 Å². The summed E-state index contributed by atoms with van der Waals surface area (Å²) in [5.41, 5.74) is 3.78. The Hall–Kier alpha value is -3.50. The molecule has 0 atom stereocenters. The first-order valence-electron chi connectivity index (χ1n) is 12.0. The minimum atomic E-state index is -0.944. The van der Waals surface area contributed by atoms with Crippen LogP contribution >= 0.6 is 0 Å². The predicted octanol–water partition coefficient (Wildman–Crippen LogP) is 4.16. The molecule has 0 saturated carbocycles. The summed E-state index contributed by atoms with van der Waals surface area (Å²) in [4.78, 5) is 9.54. The third-order valence-electron chi connectivity index (χ3n) is 6.06. The summed E-state index contributed by atoms with van der Waals surface area (Å²) in [5.74, 6) is 1.13. The predicted molar refractivity (Wildman–Crippen MR) is 131 cm³/mol. The molecule has 1 N–H and O–H groups in total. The van der Waals surface area contributed by atoms with Gasteiger partial charge in [0.2, 0.25) is 11.6 Å². The van der Waals surface area contributed by atoms with Gasteiger partial charge in [0, 0.05) is 44.4 Å². The van der Waals surface area contributed by atoms with Crippen molar-refractivity contribution >= 4 is 0 Å². The van der Waals surface area contributed by atoms with E-state index in [0.717, 1.165) is 53.9 Å². The maximum absolute atomic E-state index is 5.79. The molecule has 0 aliphatic carbocycles. The number of aryl methyl sites for hydroxylation is 1. The van der Waals surface area contributed by atoms with Gasteiger partial charge in [0.15, 0.2) is 5.82 Å². The number of unbranched alkanes of at least 4 members (excludes halogenated alkanes) is 1. The summed E-state index contributed by atoms with van der Waals surface area (Å²) in [6.45, 7) is 4.78. The van der Waals surface area contributed by atoms with Gasteiger partial charge in [-0.3, -0.25) is 4.98 Å². The van der Waals surface area contributed by atoms with Crippen LogP contribution in [0.5, 0.6) is 0 Å². The molecule has 3 aromatic heterocycles. The number of rotatable bonds is 12. The molecule has 0 amide bonds. The van der Waals surface area contributed by atoms with Crippen molar-refractivity contribution in [2.45, 2.75) is 58.3 Å². The second-order valence-electron chi connectivity index (χ2n) is 8.36. The third kappa shape index (κ3) is 5.28. The molecular weight excluding hydrogens is 444 g/mol. The quantitative estimate of drug-likeness (QED) is 0.303. The van der Waals surface area contributed by atoms with Crippen molar-refractivity contribution in [2.24, 2.45) is 0 Å². The fourth-order valence-electron chi connectivity index (χ4n) is 4.11. The van der Waals surface area contributed by atoms with Crippen LogP contribution in [0.2, 0.25) is 0 Å². The zero-order valence-corrected chi connectivity index (χ0v) is 20.7. The van der Waals surface area contributed by atoms with E-state index >= 15 is 0 Å². The van der Waals surface area contributed by atoms with E-state index < -0.39 is 5.79 Å². The van der Waals surface area contributed by atoms with Crippen molar-refractivity contribution in [1.29, 1.82) is 0 Å². The fourth-order valence-corrected chi connectivity index (χ4v) is 4.11. The number of H-pyrrole nitrogens is 1. The van der Waals surface area contributed by atoms with E-state index in [0.29, 0.717) is 24.6 Å². The van der Waals surface area contributed by atoms with Crippen LogP contribution in [0.3, 0.4) is 0 Å². The van der Waals surface area contributed by atoms with Crippen molar-refractivity contribution in [2.75, 3.05) is 14.2 Å². The van der Waals surface area contributed by atoms with Crippen LogP contribution in [0.25, 0.3) is 22.5 Å². The minimum Gasteiger partial charge on any atom is -0.347 e. The molecule has 184 valence electrons. The minimum absolute atomic E-state index is 0.508. The Balaban J connectivity index is 1.61. The van der Waals surface area contributed by atoms with E-state index in [4.69, 9.17) is 24.5 Å². The molecule has 0 unspecified atom stereocenters. The number of pyridine rings is 1. The standard InChI is InChI=1S/C25H32N8O2/c1-5-7-15-25(34-3,35-4)24-27-22(10-6-2)33(30-24)17-19-14-13-18(16-26-19)20-11-8-9-12-21(20)23-28-31-32-29-23/h8-9,11-14,16H,5-7,10,15,17H2,1-4H3,(H,28,29,31,32). The average Bonchev–Trinajstić information content (AvgIpc) is 3.57. The van der Waals surface area contributed by atoms with Crippen LogP contribution in [0.4, 0.5) is 0 Å². The second kappa shape index (κ2) is 11.3. The normalized spacial score (nSPS) is 11.8. The number of nitrogens with zero attached hydrogens (tertiary/aromatic N) is 7. The Morgan fingerprint density at radius 1 is 1.00 bits per heavy atom. The number of benzene rings is 1. The Labute approximate surface area is 205 Å². The van der Waals surface area contributed by atoms with Crippen LogP contribution < -0.4 is 0 Å². The summed E-state index contributed by atoms with van der Waals surface area (Å²) in [7, 11) is 3.29. The number of ether oxygens (including phenoxy) is 2. The van der Waals surface area contributed by atoms with E-state index in [1.807, 2.05) is 41.2 Å². The zero-order chi connectivity index (χ0) is 24.7. The highest BCUT2D eigenvalue weighted by Crippen LogP contribution is 2.31. The fraction of sp³-hybridized carbons (Fsp3) is 0.440. The van der Waals surface area contributed by atoms with Gasteiger partial charge in [-0.1, -0.05) is 50.6 Å². The molecule has 4 rings (SSSR count). The van der Waals surface area contributed by atoms with Gasteiger partial charge in [-0.15, -0.1) is 10.2 Å². The monoisotopic (exact) mass is 476 g/mol. The summed E-state index contributed by atoms with van der Waals surface area (Å²) in [5, 5.41) is 19.1. The maximum atomic E-state index is 5.79. The molecule has 1 aromatic carbocycles. The summed E-state index contributed by atoms with van der Waals surface area (Å²) in [6.07, 6.45) is 6.31. The summed E-state index contributed by atoms with van der Waals surface area (Å²) < 4.78 is 13.5. The lowest BCUT2D eigenvalue weighted by molar-refractivity contribution is -0.226. The van der Waals surface area contributed by atoms with Crippen molar-refractivity contribution in [1.82, 2.24) is 40.4 Å². The first kappa shape index (κ1) is 24.6. The first-order valence-corrected chi connectivity index (χ1v) is 12.0. The molecule has 0 bridgehead atoms. The van der Waals surface area contributed by atoms with Gasteiger partial charge in [-0.2, -0.15) is 0 Å².